The molecule has 2 heterocycles. The molecule has 1 aliphatic rings. The van der Waals surface area contributed by atoms with Gasteiger partial charge in [-0.05, 0) is 18.9 Å². The number of rotatable bonds is 5. The number of aromatic nitrogens is 4. The van der Waals surface area contributed by atoms with Gasteiger partial charge >= 0.3 is 0 Å². The van der Waals surface area contributed by atoms with Crippen LogP contribution in [-0.4, -0.2) is 37.3 Å². The van der Waals surface area contributed by atoms with Crippen molar-refractivity contribution in [2.24, 2.45) is 0 Å². The third-order valence-corrected chi connectivity index (χ3v) is 5.06. The van der Waals surface area contributed by atoms with E-state index in [1.54, 1.807) is 0 Å². The molecule has 9 heteroatoms. The van der Waals surface area contributed by atoms with Crippen LogP contribution < -0.4 is 10.9 Å². The van der Waals surface area contributed by atoms with Crippen LogP contribution in [-0.2, 0) is 9.59 Å². The number of aromatic amines is 1. The summed E-state index contributed by atoms with van der Waals surface area (Å²) < 4.78 is 2.12. The Balaban J connectivity index is 1.58. The van der Waals surface area contributed by atoms with Crippen LogP contribution in [0.1, 0.15) is 25.8 Å². The SMILES string of the molecule is CC(=O)NNC(=O)CSc1nnc(-c2c[nH]c3ccccc23)n1C1CC1. The molecule has 1 fully saturated rings. The first kappa shape index (κ1) is 16.6. The summed E-state index contributed by atoms with van der Waals surface area (Å²) in [5.74, 6) is 0.365. The minimum Gasteiger partial charge on any atom is -0.360 e. The summed E-state index contributed by atoms with van der Waals surface area (Å²) >= 11 is 1.31. The summed E-state index contributed by atoms with van der Waals surface area (Å²) in [7, 11) is 0. The average molecular weight is 370 g/mol. The van der Waals surface area contributed by atoms with E-state index in [4.69, 9.17) is 0 Å². The summed E-state index contributed by atoms with van der Waals surface area (Å²) in [6.07, 6.45) is 4.11. The lowest BCUT2D eigenvalue weighted by Gasteiger charge is -2.08. The number of carbonyl (C=O) groups excluding carboxylic acids is 2. The molecule has 0 aliphatic heterocycles. The minimum absolute atomic E-state index is 0.152. The molecule has 0 unspecified atom stereocenters. The number of benzene rings is 1. The van der Waals surface area contributed by atoms with Gasteiger partial charge in [-0.15, -0.1) is 10.2 Å². The molecule has 3 aromatic rings. The molecule has 134 valence electrons. The second-order valence-electron chi connectivity index (χ2n) is 6.17. The number of H-pyrrole nitrogens is 1. The number of hydrogen-bond donors (Lipinski definition) is 3. The van der Waals surface area contributed by atoms with Crippen molar-refractivity contribution in [1.82, 2.24) is 30.6 Å². The zero-order valence-corrected chi connectivity index (χ0v) is 15.0. The zero-order chi connectivity index (χ0) is 18.1. The first-order valence-corrected chi connectivity index (χ1v) is 9.31. The standard InChI is InChI=1S/C17H18N6O2S/c1-10(24)19-20-15(25)9-26-17-22-21-16(23(17)11-6-7-11)13-8-18-14-5-3-2-4-12(13)14/h2-5,8,11,18H,6-7,9H2,1H3,(H,19,24)(H,20,25). The maximum absolute atomic E-state index is 11.8. The maximum Gasteiger partial charge on any atom is 0.248 e. The molecule has 1 saturated carbocycles. The Bertz CT molecular complexity index is 975. The van der Waals surface area contributed by atoms with Crippen LogP contribution >= 0.6 is 11.8 Å². The zero-order valence-electron chi connectivity index (χ0n) is 14.2. The van der Waals surface area contributed by atoms with Gasteiger partial charge in [-0.2, -0.15) is 0 Å². The molecule has 0 radical (unpaired) electrons. The van der Waals surface area contributed by atoms with E-state index in [9.17, 15) is 9.59 Å². The lowest BCUT2D eigenvalue weighted by molar-refractivity contribution is -0.126. The van der Waals surface area contributed by atoms with E-state index in [0.29, 0.717) is 11.2 Å². The molecule has 1 aromatic carbocycles. The van der Waals surface area contributed by atoms with Crippen molar-refractivity contribution >= 4 is 34.5 Å². The Kier molecular flexibility index (Phi) is 4.37. The van der Waals surface area contributed by atoms with Crippen molar-refractivity contribution in [2.75, 3.05) is 5.75 Å². The van der Waals surface area contributed by atoms with Crippen molar-refractivity contribution < 1.29 is 9.59 Å². The van der Waals surface area contributed by atoms with E-state index in [1.807, 2.05) is 24.4 Å². The molecule has 3 N–H and O–H groups in total. The number of carbonyl (C=O) groups is 2. The average Bonchev–Trinajstić information content (AvgIpc) is 3.25. The number of fused-ring (bicyclic) bond motifs is 1. The molecule has 26 heavy (non-hydrogen) atoms. The largest absolute Gasteiger partial charge is 0.360 e. The third-order valence-electron chi connectivity index (χ3n) is 4.12. The number of hydrogen-bond acceptors (Lipinski definition) is 5. The van der Waals surface area contributed by atoms with E-state index in [0.717, 1.165) is 35.1 Å². The molecule has 8 nitrogen and oxygen atoms in total. The van der Waals surface area contributed by atoms with Crippen molar-refractivity contribution in [3.05, 3.63) is 30.5 Å². The van der Waals surface area contributed by atoms with Crippen LogP contribution in [0.3, 0.4) is 0 Å². The Morgan fingerprint density at radius 1 is 1.27 bits per heavy atom. The van der Waals surface area contributed by atoms with Gasteiger partial charge in [0.2, 0.25) is 11.8 Å². The highest BCUT2D eigenvalue weighted by molar-refractivity contribution is 7.99. The summed E-state index contributed by atoms with van der Waals surface area (Å²) in [4.78, 5) is 25.9. The van der Waals surface area contributed by atoms with E-state index in [1.165, 1.54) is 18.7 Å². The number of nitrogens with one attached hydrogen (secondary N) is 3. The molecule has 2 aromatic heterocycles. The molecule has 1 aliphatic carbocycles. The van der Waals surface area contributed by atoms with Crippen LogP contribution in [0.4, 0.5) is 0 Å². The van der Waals surface area contributed by atoms with Gasteiger partial charge in [0.15, 0.2) is 11.0 Å². The molecule has 4 rings (SSSR count). The lowest BCUT2D eigenvalue weighted by Crippen LogP contribution is -2.41. The van der Waals surface area contributed by atoms with Gasteiger partial charge in [0.05, 0.1) is 5.75 Å². The fraction of sp³-hybridized carbons (Fsp3) is 0.294. The minimum atomic E-state index is -0.314. The first-order chi connectivity index (χ1) is 12.6. The van der Waals surface area contributed by atoms with E-state index < -0.39 is 0 Å². The Hall–Kier alpha value is -2.81. The van der Waals surface area contributed by atoms with Gasteiger partial charge in [-0.25, -0.2) is 0 Å². The number of thioether (sulfide) groups is 1. The van der Waals surface area contributed by atoms with Gasteiger partial charge in [0.1, 0.15) is 0 Å². The fourth-order valence-corrected chi connectivity index (χ4v) is 3.61. The Morgan fingerprint density at radius 2 is 2.08 bits per heavy atom. The monoisotopic (exact) mass is 370 g/mol. The number of nitrogens with zero attached hydrogens (tertiary/aromatic N) is 3. The number of para-hydroxylation sites is 1. The summed E-state index contributed by atoms with van der Waals surface area (Å²) in [5.41, 5.74) is 6.70. The highest BCUT2D eigenvalue weighted by atomic mass is 32.2. The second kappa shape index (κ2) is 6.83. The highest BCUT2D eigenvalue weighted by Gasteiger charge is 2.31. The Labute approximate surface area is 153 Å². The molecule has 0 saturated heterocycles. The first-order valence-electron chi connectivity index (χ1n) is 8.33. The maximum atomic E-state index is 11.8. The smallest absolute Gasteiger partial charge is 0.248 e. The molecule has 2 amide bonds. The quantitative estimate of drug-likeness (QED) is 0.471. The van der Waals surface area contributed by atoms with Crippen LogP contribution in [0.2, 0.25) is 0 Å². The van der Waals surface area contributed by atoms with Crippen molar-refractivity contribution in [3.8, 4) is 11.4 Å². The normalized spacial score (nSPS) is 13.7. The molecule has 0 bridgehead atoms. The van der Waals surface area contributed by atoms with Crippen LogP contribution in [0.15, 0.2) is 35.6 Å². The van der Waals surface area contributed by atoms with Gasteiger partial charge in [-0.1, -0.05) is 30.0 Å². The van der Waals surface area contributed by atoms with Gasteiger partial charge in [-0.3, -0.25) is 25.0 Å². The Morgan fingerprint density at radius 3 is 2.85 bits per heavy atom. The summed E-state index contributed by atoms with van der Waals surface area (Å²) in [5, 5.41) is 10.5. The second-order valence-corrected chi connectivity index (χ2v) is 7.12. The molecule has 0 spiro atoms. The number of amides is 2. The highest BCUT2D eigenvalue weighted by Crippen LogP contribution is 2.42. The number of hydrazine groups is 1. The van der Waals surface area contributed by atoms with E-state index >= 15 is 0 Å². The predicted octanol–water partition coefficient (Wildman–Crippen LogP) is 2.02. The van der Waals surface area contributed by atoms with E-state index in [-0.39, 0.29) is 17.6 Å². The topological polar surface area (TPSA) is 105 Å². The van der Waals surface area contributed by atoms with Crippen LogP contribution in [0.5, 0.6) is 0 Å². The van der Waals surface area contributed by atoms with Crippen LogP contribution in [0.25, 0.3) is 22.3 Å². The molecule has 0 atom stereocenters. The van der Waals surface area contributed by atoms with Crippen molar-refractivity contribution in [3.63, 3.8) is 0 Å². The van der Waals surface area contributed by atoms with E-state index in [2.05, 4.69) is 36.7 Å². The molecular formula is C17H18N6O2S. The summed E-state index contributed by atoms with van der Waals surface area (Å²) in [6, 6.07) is 8.44. The van der Waals surface area contributed by atoms with Gasteiger partial charge in [0, 0.05) is 35.6 Å². The predicted molar refractivity (Wildman–Crippen MR) is 98.3 cm³/mol. The van der Waals surface area contributed by atoms with Gasteiger partial charge in [0.25, 0.3) is 0 Å². The third kappa shape index (κ3) is 3.30. The fourth-order valence-electron chi connectivity index (χ4n) is 2.80. The van der Waals surface area contributed by atoms with Crippen LogP contribution in [0, 0.1) is 0 Å². The lowest BCUT2D eigenvalue weighted by atomic mass is 10.1. The molecular weight excluding hydrogens is 352 g/mol. The van der Waals surface area contributed by atoms with Crippen molar-refractivity contribution in [2.45, 2.75) is 31.0 Å². The van der Waals surface area contributed by atoms with Crippen molar-refractivity contribution in [1.29, 1.82) is 0 Å². The van der Waals surface area contributed by atoms with Gasteiger partial charge < -0.3 is 4.98 Å². The summed E-state index contributed by atoms with van der Waals surface area (Å²) in [6.45, 7) is 1.34.